The molecule has 2 unspecified atom stereocenters. The molecule has 0 saturated heterocycles. The Morgan fingerprint density at radius 2 is 1.83 bits per heavy atom. The number of benzene rings is 2. The Kier molecular flexibility index (Phi) is 7.52. The maximum Gasteiger partial charge on any atom is 0.279 e. The zero-order valence-electron chi connectivity index (χ0n) is 23.0. The maximum atomic E-state index is 14.7. The fourth-order valence-corrected chi connectivity index (χ4v) is 6.80. The van der Waals surface area contributed by atoms with Crippen LogP contribution in [0.4, 0.5) is 14.5 Å². The average Bonchev–Trinajstić information content (AvgIpc) is 3.06. The van der Waals surface area contributed by atoms with E-state index in [9.17, 15) is 31.6 Å². The van der Waals surface area contributed by atoms with Crippen LogP contribution in [0.3, 0.4) is 0 Å². The highest BCUT2D eigenvalue weighted by molar-refractivity contribution is 7.91. The van der Waals surface area contributed by atoms with Gasteiger partial charge in [-0.05, 0) is 24.6 Å². The molecule has 0 aliphatic carbocycles. The Balaban J connectivity index is 1.61. The smallest absolute Gasteiger partial charge is 0.279 e. The monoisotopic (exact) mass is 597 g/mol. The van der Waals surface area contributed by atoms with E-state index in [0.717, 1.165) is 13.1 Å². The van der Waals surface area contributed by atoms with Crippen molar-refractivity contribution in [3.05, 3.63) is 100 Å². The van der Waals surface area contributed by atoms with Crippen molar-refractivity contribution in [3.8, 4) is 5.75 Å². The van der Waals surface area contributed by atoms with E-state index in [1.54, 1.807) is 42.5 Å². The topological polar surface area (TPSA) is 115 Å². The number of ether oxygens (including phenoxy) is 1. The first-order chi connectivity index (χ1) is 19.8. The van der Waals surface area contributed by atoms with Crippen LogP contribution in [0.25, 0.3) is 0 Å². The van der Waals surface area contributed by atoms with Crippen LogP contribution in [0.15, 0.2) is 82.9 Å². The van der Waals surface area contributed by atoms with Gasteiger partial charge in [-0.3, -0.25) is 14.4 Å². The van der Waals surface area contributed by atoms with E-state index in [4.69, 9.17) is 4.74 Å². The molecule has 0 radical (unpaired) electrons. The predicted molar refractivity (Wildman–Crippen MR) is 152 cm³/mol. The number of aromatic nitrogens is 1. The zero-order valence-corrected chi connectivity index (χ0v) is 23.8. The van der Waals surface area contributed by atoms with Crippen molar-refractivity contribution in [2.75, 3.05) is 23.7 Å². The molecule has 9 nitrogen and oxygen atoms in total. The van der Waals surface area contributed by atoms with E-state index in [-0.39, 0.29) is 36.0 Å². The lowest BCUT2D eigenvalue weighted by molar-refractivity contribution is 0.0892. The molecule has 2 bridgehead atoms. The Bertz CT molecular complexity index is 1750. The minimum absolute atomic E-state index is 0.0148. The number of carbonyl (C=O) groups is 2. The van der Waals surface area contributed by atoms with Gasteiger partial charge in [0.15, 0.2) is 26.9 Å². The SMILES string of the molecule is C=C(F)C(C)(F)C(C)CNC(=O)c1cn2c(c(OCc3ccccc3)c1=O)C(=O)N1C[C@@H]2CS(=O)(=O)c2ccccc21. The number of allylic oxidation sites excluding steroid dienone is 1. The highest BCUT2D eigenvalue weighted by atomic mass is 32.2. The third-order valence-electron chi connectivity index (χ3n) is 7.82. The number of nitrogens with zero attached hydrogens (tertiary/aromatic N) is 2. The number of hydrogen-bond donors (Lipinski definition) is 1. The Morgan fingerprint density at radius 1 is 1.17 bits per heavy atom. The number of carbonyl (C=O) groups excluding carboxylic acids is 2. The van der Waals surface area contributed by atoms with Crippen molar-refractivity contribution in [1.29, 1.82) is 0 Å². The van der Waals surface area contributed by atoms with Crippen molar-refractivity contribution in [1.82, 2.24) is 9.88 Å². The summed E-state index contributed by atoms with van der Waals surface area (Å²) in [5.41, 5.74) is -3.08. The van der Waals surface area contributed by atoms with Gasteiger partial charge in [0.25, 0.3) is 11.8 Å². The molecule has 1 aromatic heterocycles. The van der Waals surface area contributed by atoms with Crippen molar-refractivity contribution in [3.63, 3.8) is 0 Å². The van der Waals surface area contributed by atoms with Crippen LogP contribution < -0.4 is 20.4 Å². The first-order valence-electron chi connectivity index (χ1n) is 13.2. The number of hydrogen-bond acceptors (Lipinski definition) is 6. The minimum Gasteiger partial charge on any atom is -0.483 e. The third-order valence-corrected chi connectivity index (χ3v) is 9.66. The summed E-state index contributed by atoms with van der Waals surface area (Å²) < 4.78 is 62.3. The molecule has 0 spiro atoms. The van der Waals surface area contributed by atoms with Crippen LogP contribution in [-0.2, 0) is 16.4 Å². The summed E-state index contributed by atoms with van der Waals surface area (Å²) in [6.45, 7) is 4.91. The summed E-state index contributed by atoms with van der Waals surface area (Å²) in [5.74, 6) is -4.63. The molecule has 3 atom stereocenters. The van der Waals surface area contributed by atoms with Gasteiger partial charge < -0.3 is 19.5 Å². The Morgan fingerprint density at radius 3 is 2.52 bits per heavy atom. The molecular weight excluding hydrogens is 568 g/mol. The molecule has 3 heterocycles. The van der Waals surface area contributed by atoms with Crippen molar-refractivity contribution >= 4 is 27.3 Å². The second kappa shape index (κ2) is 10.8. The average molecular weight is 598 g/mol. The van der Waals surface area contributed by atoms with E-state index in [1.165, 1.54) is 28.5 Å². The van der Waals surface area contributed by atoms with Gasteiger partial charge in [-0.25, -0.2) is 17.2 Å². The number of nitrogens with one attached hydrogen (secondary N) is 1. The molecule has 5 rings (SSSR count). The van der Waals surface area contributed by atoms with Crippen LogP contribution in [0.2, 0.25) is 0 Å². The highest BCUT2D eigenvalue weighted by Crippen LogP contribution is 2.39. The zero-order chi connectivity index (χ0) is 30.4. The molecular formula is C30H29F2N3O6S. The van der Waals surface area contributed by atoms with Crippen molar-refractivity contribution in [2.45, 2.75) is 37.1 Å². The van der Waals surface area contributed by atoms with Gasteiger partial charge in [-0.2, -0.15) is 0 Å². The second-order valence-corrected chi connectivity index (χ2v) is 12.6. The lowest BCUT2D eigenvalue weighted by Crippen LogP contribution is -2.46. The predicted octanol–water partition coefficient (Wildman–Crippen LogP) is 3.99. The second-order valence-electron chi connectivity index (χ2n) is 10.6. The largest absolute Gasteiger partial charge is 0.483 e. The van der Waals surface area contributed by atoms with Crippen LogP contribution in [0, 0.1) is 5.92 Å². The fraction of sp³-hybridized carbons (Fsp3) is 0.300. The molecule has 220 valence electrons. The molecule has 0 fully saturated rings. The standard InChI is InChI=1S/C30H29F2N3O6S/c1-18(30(3,32)19(2)31)13-33-28(37)22-15-34-21-14-35(23-11-7-8-12-24(23)42(39,40)17-21)29(38)25(34)27(26(22)36)41-16-20-9-5-4-6-10-20/h4-12,15,18,21H,2,13-14,16-17H2,1,3H3,(H,33,37)/t18?,21-,30?/m1/s1. The van der Waals surface area contributed by atoms with Gasteiger partial charge in [-0.1, -0.05) is 56.0 Å². The van der Waals surface area contributed by atoms with Gasteiger partial charge in [-0.15, -0.1) is 0 Å². The number of alkyl halides is 1. The number of pyridine rings is 1. The molecule has 12 heteroatoms. The molecule has 3 aromatic rings. The summed E-state index contributed by atoms with van der Waals surface area (Å²) >= 11 is 0. The third kappa shape index (κ3) is 5.11. The molecule has 1 N–H and O–H groups in total. The summed E-state index contributed by atoms with van der Waals surface area (Å²) in [5, 5.41) is 2.45. The fourth-order valence-electron chi connectivity index (χ4n) is 5.07. The summed E-state index contributed by atoms with van der Waals surface area (Å²) in [6.07, 6.45) is 1.14. The summed E-state index contributed by atoms with van der Waals surface area (Å²) in [6, 6.07) is 14.1. The Hall–Kier alpha value is -4.32. The Labute approximate surface area is 241 Å². The summed E-state index contributed by atoms with van der Waals surface area (Å²) in [4.78, 5) is 42.2. The normalized spacial score (nSPS) is 19.0. The number of anilines is 1. The number of amides is 2. The molecule has 2 aliphatic rings. The van der Waals surface area contributed by atoms with Crippen LogP contribution in [-0.4, -0.2) is 49.3 Å². The van der Waals surface area contributed by atoms with Gasteiger partial charge in [0.05, 0.1) is 22.4 Å². The lowest BCUT2D eigenvalue weighted by atomic mass is 9.91. The number of halogens is 2. The maximum absolute atomic E-state index is 14.7. The lowest BCUT2D eigenvalue weighted by Gasteiger charge is -2.35. The quantitative estimate of drug-likeness (QED) is 0.420. The van der Waals surface area contributed by atoms with Gasteiger partial charge in [0.1, 0.15) is 18.0 Å². The van der Waals surface area contributed by atoms with Gasteiger partial charge in [0, 0.05) is 25.2 Å². The van der Waals surface area contributed by atoms with E-state index < -0.39 is 67.6 Å². The summed E-state index contributed by atoms with van der Waals surface area (Å²) in [7, 11) is -3.88. The van der Waals surface area contributed by atoms with Crippen LogP contribution >= 0.6 is 0 Å². The van der Waals surface area contributed by atoms with Crippen molar-refractivity contribution in [2.24, 2.45) is 5.92 Å². The van der Waals surface area contributed by atoms with Gasteiger partial charge >= 0.3 is 0 Å². The molecule has 2 amide bonds. The first-order valence-corrected chi connectivity index (χ1v) is 14.9. The molecule has 2 aliphatic heterocycles. The first kappa shape index (κ1) is 29.2. The molecule has 0 saturated carbocycles. The van der Waals surface area contributed by atoms with Crippen LogP contribution in [0.1, 0.15) is 46.3 Å². The van der Waals surface area contributed by atoms with Crippen molar-refractivity contribution < 1.29 is 31.5 Å². The number of para-hydroxylation sites is 1. The van der Waals surface area contributed by atoms with E-state index >= 15 is 0 Å². The van der Waals surface area contributed by atoms with E-state index in [0.29, 0.717) is 5.56 Å². The molecule has 2 aromatic carbocycles. The number of sulfone groups is 1. The number of fused-ring (bicyclic) bond motifs is 6. The van der Waals surface area contributed by atoms with Gasteiger partial charge in [0.2, 0.25) is 5.43 Å². The highest BCUT2D eigenvalue weighted by Gasteiger charge is 2.43. The van der Waals surface area contributed by atoms with E-state index in [1.807, 2.05) is 0 Å². The van der Waals surface area contributed by atoms with Crippen LogP contribution in [0.5, 0.6) is 5.75 Å². The molecule has 42 heavy (non-hydrogen) atoms. The minimum atomic E-state index is -3.88. The number of rotatable bonds is 8. The van der Waals surface area contributed by atoms with E-state index in [2.05, 4.69) is 11.9 Å².